The van der Waals surface area contributed by atoms with E-state index in [-0.39, 0.29) is 18.3 Å². The fourth-order valence-electron chi connectivity index (χ4n) is 4.80. The minimum atomic E-state index is 0. The fourth-order valence-corrected chi connectivity index (χ4v) is 4.80. The summed E-state index contributed by atoms with van der Waals surface area (Å²) < 4.78 is 2.15. The number of hydrogen-bond donors (Lipinski definition) is 1. The Kier molecular flexibility index (Phi) is 6.49. The van der Waals surface area contributed by atoms with Gasteiger partial charge in [0.1, 0.15) is 5.82 Å². The highest BCUT2D eigenvalue weighted by Crippen LogP contribution is 2.30. The molecule has 7 heteroatoms. The van der Waals surface area contributed by atoms with Gasteiger partial charge >= 0.3 is 0 Å². The maximum absolute atomic E-state index is 13.0. The highest BCUT2D eigenvalue weighted by atomic mass is 35.5. The first kappa shape index (κ1) is 21.7. The van der Waals surface area contributed by atoms with E-state index in [0.717, 1.165) is 74.5 Å². The smallest absolute Gasteiger partial charge is 0.227 e. The van der Waals surface area contributed by atoms with Crippen molar-refractivity contribution in [2.75, 3.05) is 44.2 Å². The number of benzene rings is 2. The molecule has 1 N–H and O–H groups in total. The van der Waals surface area contributed by atoms with E-state index in [0.29, 0.717) is 5.91 Å². The van der Waals surface area contributed by atoms with Gasteiger partial charge in [0.25, 0.3) is 0 Å². The van der Waals surface area contributed by atoms with Crippen molar-refractivity contribution in [1.82, 2.24) is 19.8 Å². The van der Waals surface area contributed by atoms with Gasteiger partial charge in [0.05, 0.1) is 17.0 Å². The van der Waals surface area contributed by atoms with E-state index in [1.807, 2.05) is 17.0 Å². The second-order valence-corrected chi connectivity index (χ2v) is 8.39. The molecule has 2 aliphatic heterocycles. The van der Waals surface area contributed by atoms with Crippen LogP contribution >= 0.6 is 12.4 Å². The summed E-state index contributed by atoms with van der Waals surface area (Å²) in [5.74, 6) is 1.40. The van der Waals surface area contributed by atoms with E-state index in [4.69, 9.17) is 4.98 Å². The largest absolute Gasteiger partial charge is 0.371 e. The summed E-state index contributed by atoms with van der Waals surface area (Å²) in [5.41, 5.74) is 4.44. The number of aryl methyl sites for hydroxylation is 1. The number of anilines is 1. The highest BCUT2D eigenvalue weighted by Gasteiger charge is 2.30. The Morgan fingerprint density at radius 3 is 2.68 bits per heavy atom. The van der Waals surface area contributed by atoms with Crippen LogP contribution in [0.2, 0.25) is 0 Å². The minimum absolute atomic E-state index is 0. The predicted octanol–water partition coefficient (Wildman–Crippen LogP) is 3.31. The van der Waals surface area contributed by atoms with Crippen LogP contribution < -0.4 is 10.2 Å². The number of carbonyl (C=O) groups is 1. The molecule has 2 aliphatic rings. The normalized spacial score (nSPS) is 19.3. The molecule has 1 atom stereocenters. The molecule has 0 unspecified atom stereocenters. The van der Waals surface area contributed by atoms with Gasteiger partial charge in [-0.1, -0.05) is 24.3 Å². The first-order valence-corrected chi connectivity index (χ1v) is 11.0. The number of fused-ring (bicyclic) bond motifs is 1. The molecule has 1 amide bonds. The molecule has 5 rings (SSSR count). The van der Waals surface area contributed by atoms with Crippen molar-refractivity contribution in [2.24, 2.45) is 13.0 Å². The number of aromatic nitrogens is 2. The predicted molar refractivity (Wildman–Crippen MR) is 128 cm³/mol. The van der Waals surface area contributed by atoms with Crippen molar-refractivity contribution in [2.45, 2.75) is 12.8 Å². The zero-order valence-corrected chi connectivity index (χ0v) is 18.8. The number of piperidine rings is 1. The molecule has 2 fully saturated rings. The molecule has 0 saturated carbocycles. The van der Waals surface area contributed by atoms with Crippen molar-refractivity contribution >= 4 is 35.0 Å². The van der Waals surface area contributed by atoms with Crippen LogP contribution in [-0.4, -0.2) is 59.6 Å². The van der Waals surface area contributed by atoms with Crippen molar-refractivity contribution in [1.29, 1.82) is 0 Å². The second-order valence-electron chi connectivity index (χ2n) is 8.39. The van der Waals surface area contributed by atoms with Crippen LogP contribution in [0.15, 0.2) is 48.5 Å². The Morgan fingerprint density at radius 1 is 1.06 bits per heavy atom. The number of hydrogen-bond acceptors (Lipinski definition) is 4. The summed E-state index contributed by atoms with van der Waals surface area (Å²) in [6.07, 6.45) is 2.04. The molecular weight excluding hydrogens is 410 g/mol. The summed E-state index contributed by atoms with van der Waals surface area (Å²) in [7, 11) is 2.07. The topological polar surface area (TPSA) is 53.4 Å². The molecule has 0 spiro atoms. The van der Waals surface area contributed by atoms with Gasteiger partial charge in [-0.3, -0.25) is 4.79 Å². The maximum atomic E-state index is 13.0. The van der Waals surface area contributed by atoms with E-state index in [1.54, 1.807) is 0 Å². The quantitative estimate of drug-likeness (QED) is 0.680. The number of nitrogens with one attached hydrogen (secondary N) is 1. The van der Waals surface area contributed by atoms with Crippen molar-refractivity contribution < 1.29 is 4.79 Å². The van der Waals surface area contributed by atoms with E-state index < -0.39 is 0 Å². The number of carbonyl (C=O) groups excluding carboxylic acids is 1. The van der Waals surface area contributed by atoms with Gasteiger partial charge in [0.15, 0.2) is 0 Å². The summed E-state index contributed by atoms with van der Waals surface area (Å²) in [6, 6.07) is 16.8. The number of piperazine rings is 1. The summed E-state index contributed by atoms with van der Waals surface area (Å²) in [4.78, 5) is 22.3. The molecule has 0 bridgehead atoms. The first-order chi connectivity index (χ1) is 14.7. The summed E-state index contributed by atoms with van der Waals surface area (Å²) in [5, 5.41) is 3.33. The molecule has 6 nitrogen and oxygen atoms in total. The third kappa shape index (κ3) is 4.27. The molecule has 2 aromatic carbocycles. The average Bonchev–Trinajstić information content (AvgIpc) is 3.16. The number of para-hydroxylation sites is 2. The zero-order chi connectivity index (χ0) is 20.5. The number of amides is 1. The maximum Gasteiger partial charge on any atom is 0.227 e. The van der Waals surface area contributed by atoms with E-state index >= 15 is 0 Å². The molecule has 2 saturated heterocycles. The van der Waals surface area contributed by atoms with Gasteiger partial charge in [0, 0.05) is 57.6 Å². The molecule has 0 radical (unpaired) electrons. The van der Waals surface area contributed by atoms with E-state index in [2.05, 4.69) is 58.2 Å². The van der Waals surface area contributed by atoms with Gasteiger partial charge in [0.2, 0.25) is 5.91 Å². The average molecular weight is 440 g/mol. The number of rotatable bonds is 3. The Balaban J connectivity index is 0.00000231. The lowest BCUT2D eigenvalue weighted by Crippen LogP contribution is -2.51. The number of imidazole rings is 1. The Bertz CT molecular complexity index is 1060. The lowest BCUT2D eigenvalue weighted by Gasteiger charge is -2.37. The minimum Gasteiger partial charge on any atom is -0.371 e. The van der Waals surface area contributed by atoms with E-state index in [1.165, 1.54) is 5.69 Å². The Labute approximate surface area is 189 Å². The third-order valence-corrected chi connectivity index (χ3v) is 6.46. The van der Waals surface area contributed by atoms with Crippen LogP contribution in [0.3, 0.4) is 0 Å². The van der Waals surface area contributed by atoms with E-state index in [9.17, 15) is 4.79 Å². The van der Waals surface area contributed by atoms with Crippen LogP contribution in [0.25, 0.3) is 22.4 Å². The van der Waals surface area contributed by atoms with Crippen LogP contribution in [0.1, 0.15) is 12.8 Å². The fraction of sp³-hybridized carbons (Fsp3) is 0.417. The highest BCUT2D eigenvalue weighted by molar-refractivity contribution is 5.85. The lowest BCUT2D eigenvalue weighted by molar-refractivity contribution is -0.136. The molecular formula is C24H30ClN5O. The van der Waals surface area contributed by atoms with Gasteiger partial charge < -0.3 is 19.7 Å². The monoisotopic (exact) mass is 439 g/mol. The molecule has 31 heavy (non-hydrogen) atoms. The standard InChI is InChI=1S/C24H29N5O.ClH/c1-27-22-10-3-2-9-21(22)26-23(27)18-6-4-8-20(16-18)29-13-5-7-19(17-29)24(30)28-14-11-25-12-15-28;/h2-4,6,8-10,16,19,25H,5,7,11-15,17H2,1H3;1H/t19-;/m1./s1. The number of halogens is 1. The Hall–Kier alpha value is -2.57. The van der Waals surface area contributed by atoms with Crippen molar-refractivity contribution in [3.05, 3.63) is 48.5 Å². The van der Waals surface area contributed by atoms with Crippen LogP contribution in [0.4, 0.5) is 5.69 Å². The summed E-state index contributed by atoms with van der Waals surface area (Å²) >= 11 is 0. The lowest BCUT2D eigenvalue weighted by atomic mass is 9.95. The summed E-state index contributed by atoms with van der Waals surface area (Å²) in [6.45, 7) is 5.27. The molecule has 1 aromatic heterocycles. The van der Waals surface area contributed by atoms with Crippen molar-refractivity contribution in [3.8, 4) is 11.4 Å². The SMILES string of the molecule is Cl.Cn1c(-c2cccc(N3CCC[C@@H](C(=O)N4CCNCC4)C3)c2)nc2ccccc21. The molecule has 0 aliphatic carbocycles. The zero-order valence-electron chi connectivity index (χ0n) is 18.0. The molecule has 3 aromatic rings. The van der Waals surface area contributed by atoms with Crippen LogP contribution in [-0.2, 0) is 11.8 Å². The number of nitrogens with zero attached hydrogens (tertiary/aromatic N) is 4. The first-order valence-electron chi connectivity index (χ1n) is 11.0. The van der Waals surface area contributed by atoms with Crippen molar-refractivity contribution in [3.63, 3.8) is 0 Å². The van der Waals surface area contributed by atoms with Gasteiger partial charge in [-0.25, -0.2) is 4.98 Å². The van der Waals surface area contributed by atoms with Crippen LogP contribution in [0.5, 0.6) is 0 Å². The van der Waals surface area contributed by atoms with Crippen LogP contribution in [0, 0.1) is 5.92 Å². The molecule has 3 heterocycles. The third-order valence-electron chi connectivity index (χ3n) is 6.46. The van der Waals surface area contributed by atoms with Gasteiger partial charge in [-0.05, 0) is 37.1 Å². The second kappa shape index (κ2) is 9.28. The Morgan fingerprint density at radius 2 is 1.87 bits per heavy atom. The molecule has 164 valence electrons. The van der Waals surface area contributed by atoms with Gasteiger partial charge in [-0.2, -0.15) is 0 Å². The van der Waals surface area contributed by atoms with Gasteiger partial charge in [-0.15, -0.1) is 12.4 Å².